The second-order valence-electron chi connectivity index (χ2n) is 3.97. The van der Waals surface area contributed by atoms with Gasteiger partial charge in [0.15, 0.2) is 0 Å². The minimum atomic E-state index is -1.04. The van der Waals surface area contributed by atoms with E-state index in [4.69, 9.17) is 5.73 Å². The minimum absolute atomic E-state index is 0.356. The molecule has 0 atom stereocenters. The maximum absolute atomic E-state index is 13.4. The molecule has 2 aromatic rings. The van der Waals surface area contributed by atoms with Crippen LogP contribution in [0.5, 0.6) is 5.75 Å². The highest BCUT2D eigenvalue weighted by Gasteiger charge is 2.15. The standard InChI is InChI=1S/C13H9F3N2O2/c14-6-1-2-12(19)7(3-6)13(20)18-11-5-10(17)8(15)4-9(11)16/h1-5,19H,17H2,(H,18,20). The van der Waals surface area contributed by atoms with Crippen molar-refractivity contribution in [2.75, 3.05) is 11.1 Å². The zero-order chi connectivity index (χ0) is 14.9. The van der Waals surface area contributed by atoms with Gasteiger partial charge >= 0.3 is 0 Å². The van der Waals surface area contributed by atoms with Crippen molar-refractivity contribution in [3.05, 3.63) is 53.3 Å². The van der Waals surface area contributed by atoms with Gasteiger partial charge in [0.25, 0.3) is 5.91 Å². The molecule has 2 aromatic carbocycles. The number of carbonyl (C=O) groups is 1. The Kier molecular flexibility index (Phi) is 3.51. The fourth-order valence-corrected chi connectivity index (χ4v) is 1.54. The number of hydrogen-bond acceptors (Lipinski definition) is 3. The number of amides is 1. The molecule has 0 radical (unpaired) electrons. The lowest BCUT2D eigenvalue weighted by atomic mass is 10.1. The molecule has 0 saturated heterocycles. The Labute approximate surface area is 111 Å². The number of nitrogen functional groups attached to an aromatic ring is 1. The largest absolute Gasteiger partial charge is 0.507 e. The van der Waals surface area contributed by atoms with E-state index in [1.165, 1.54) is 0 Å². The molecule has 4 nitrogen and oxygen atoms in total. The van der Waals surface area contributed by atoms with Crippen LogP contribution in [0.15, 0.2) is 30.3 Å². The molecule has 4 N–H and O–H groups in total. The van der Waals surface area contributed by atoms with Gasteiger partial charge in [-0.15, -0.1) is 0 Å². The van der Waals surface area contributed by atoms with Gasteiger partial charge in [0.1, 0.15) is 23.2 Å². The van der Waals surface area contributed by atoms with E-state index in [2.05, 4.69) is 5.32 Å². The molecule has 1 amide bonds. The van der Waals surface area contributed by atoms with Crippen LogP contribution >= 0.6 is 0 Å². The molecular weight excluding hydrogens is 273 g/mol. The molecule has 0 aliphatic heterocycles. The number of nitrogens with one attached hydrogen (secondary N) is 1. The first-order chi connectivity index (χ1) is 9.38. The SMILES string of the molecule is Nc1cc(NC(=O)c2cc(F)ccc2O)c(F)cc1F. The summed E-state index contributed by atoms with van der Waals surface area (Å²) in [6, 6.07) is 4.13. The predicted molar refractivity (Wildman–Crippen MR) is 66.8 cm³/mol. The van der Waals surface area contributed by atoms with Gasteiger partial charge in [0.05, 0.1) is 16.9 Å². The second-order valence-corrected chi connectivity index (χ2v) is 3.97. The molecule has 0 aromatic heterocycles. The van der Waals surface area contributed by atoms with E-state index in [1.54, 1.807) is 0 Å². The van der Waals surface area contributed by atoms with Crippen LogP contribution in [0.25, 0.3) is 0 Å². The Bertz CT molecular complexity index is 690. The Hall–Kier alpha value is -2.70. The number of phenolic OH excluding ortho intramolecular Hbond substituents is 1. The van der Waals surface area contributed by atoms with Crippen molar-refractivity contribution in [3.8, 4) is 5.75 Å². The topological polar surface area (TPSA) is 75.3 Å². The molecule has 0 bridgehead atoms. The number of halogens is 3. The lowest BCUT2D eigenvalue weighted by Crippen LogP contribution is -2.14. The number of anilines is 2. The summed E-state index contributed by atoms with van der Waals surface area (Å²) in [6.07, 6.45) is 0. The second kappa shape index (κ2) is 5.12. The van der Waals surface area contributed by atoms with E-state index in [0.29, 0.717) is 6.07 Å². The molecule has 0 aliphatic carbocycles. The van der Waals surface area contributed by atoms with Crippen LogP contribution in [0.2, 0.25) is 0 Å². The first kappa shape index (κ1) is 13.7. The summed E-state index contributed by atoms with van der Waals surface area (Å²) in [5, 5.41) is 11.5. The highest BCUT2D eigenvalue weighted by molar-refractivity contribution is 6.06. The molecule has 0 saturated carbocycles. The highest BCUT2D eigenvalue weighted by atomic mass is 19.1. The summed E-state index contributed by atoms with van der Waals surface area (Å²) in [7, 11) is 0. The number of rotatable bonds is 2. The fraction of sp³-hybridized carbons (Fsp3) is 0. The van der Waals surface area contributed by atoms with Gasteiger partial charge in [-0.05, 0) is 24.3 Å². The number of carbonyl (C=O) groups excluding carboxylic acids is 1. The summed E-state index contributed by atoms with van der Waals surface area (Å²) in [5.41, 5.74) is 4.14. The first-order valence-corrected chi connectivity index (χ1v) is 5.43. The minimum Gasteiger partial charge on any atom is -0.507 e. The van der Waals surface area contributed by atoms with E-state index in [0.717, 1.165) is 24.3 Å². The van der Waals surface area contributed by atoms with Crippen molar-refractivity contribution in [2.45, 2.75) is 0 Å². The van der Waals surface area contributed by atoms with Gasteiger partial charge in [-0.3, -0.25) is 4.79 Å². The van der Waals surface area contributed by atoms with Crippen molar-refractivity contribution in [3.63, 3.8) is 0 Å². The van der Waals surface area contributed by atoms with E-state index < -0.39 is 29.1 Å². The summed E-state index contributed by atoms with van der Waals surface area (Å²) < 4.78 is 39.4. The number of hydrogen-bond donors (Lipinski definition) is 3. The Morgan fingerprint density at radius 3 is 2.50 bits per heavy atom. The molecule has 0 fully saturated rings. The van der Waals surface area contributed by atoms with Gasteiger partial charge in [-0.2, -0.15) is 0 Å². The van der Waals surface area contributed by atoms with Crippen LogP contribution in [0.4, 0.5) is 24.5 Å². The summed E-state index contributed by atoms with van der Waals surface area (Å²) >= 11 is 0. The number of nitrogens with two attached hydrogens (primary N) is 1. The average molecular weight is 282 g/mol. The average Bonchev–Trinajstić information content (AvgIpc) is 2.38. The van der Waals surface area contributed by atoms with Crippen LogP contribution in [0.3, 0.4) is 0 Å². The number of aromatic hydroxyl groups is 1. The highest BCUT2D eigenvalue weighted by Crippen LogP contribution is 2.24. The van der Waals surface area contributed by atoms with Crippen LogP contribution in [-0.2, 0) is 0 Å². The van der Waals surface area contributed by atoms with Crippen LogP contribution in [0, 0.1) is 17.5 Å². The number of benzene rings is 2. The van der Waals surface area contributed by atoms with Crippen molar-refractivity contribution in [2.24, 2.45) is 0 Å². The van der Waals surface area contributed by atoms with E-state index in [1.807, 2.05) is 0 Å². The molecule has 0 aliphatic rings. The number of phenols is 1. The van der Waals surface area contributed by atoms with Crippen molar-refractivity contribution in [1.29, 1.82) is 0 Å². The lowest BCUT2D eigenvalue weighted by molar-refractivity contribution is 0.102. The Balaban J connectivity index is 2.32. The fourth-order valence-electron chi connectivity index (χ4n) is 1.54. The molecule has 0 spiro atoms. The van der Waals surface area contributed by atoms with Gasteiger partial charge in [0, 0.05) is 6.07 Å². The van der Waals surface area contributed by atoms with Crippen molar-refractivity contribution >= 4 is 17.3 Å². The third-order valence-corrected chi connectivity index (χ3v) is 2.54. The van der Waals surface area contributed by atoms with E-state index >= 15 is 0 Å². The smallest absolute Gasteiger partial charge is 0.259 e. The molecule has 2 rings (SSSR count). The van der Waals surface area contributed by atoms with Gasteiger partial charge in [0.2, 0.25) is 0 Å². The lowest BCUT2D eigenvalue weighted by Gasteiger charge is -2.09. The molecule has 0 unspecified atom stereocenters. The molecular formula is C13H9F3N2O2. The molecule has 20 heavy (non-hydrogen) atoms. The quantitative estimate of drug-likeness (QED) is 0.741. The summed E-state index contributed by atoms with van der Waals surface area (Å²) in [4.78, 5) is 11.8. The zero-order valence-electron chi connectivity index (χ0n) is 9.95. The monoisotopic (exact) mass is 282 g/mol. The summed E-state index contributed by atoms with van der Waals surface area (Å²) in [6.45, 7) is 0. The Morgan fingerprint density at radius 1 is 1.10 bits per heavy atom. The van der Waals surface area contributed by atoms with Gasteiger partial charge < -0.3 is 16.2 Å². The molecule has 104 valence electrons. The maximum atomic E-state index is 13.4. The normalized spacial score (nSPS) is 10.3. The van der Waals surface area contributed by atoms with E-state index in [9.17, 15) is 23.1 Å². The van der Waals surface area contributed by atoms with E-state index in [-0.39, 0.29) is 16.9 Å². The molecule has 7 heteroatoms. The first-order valence-electron chi connectivity index (χ1n) is 5.43. The molecule has 0 heterocycles. The van der Waals surface area contributed by atoms with Crippen molar-refractivity contribution < 1.29 is 23.1 Å². The van der Waals surface area contributed by atoms with Gasteiger partial charge in [-0.1, -0.05) is 0 Å². The third-order valence-electron chi connectivity index (χ3n) is 2.54. The van der Waals surface area contributed by atoms with Crippen LogP contribution < -0.4 is 11.1 Å². The maximum Gasteiger partial charge on any atom is 0.259 e. The summed E-state index contributed by atoms with van der Waals surface area (Å²) in [5.74, 6) is -4.17. The van der Waals surface area contributed by atoms with Crippen LogP contribution in [-0.4, -0.2) is 11.0 Å². The Morgan fingerprint density at radius 2 is 1.80 bits per heavy atom. The van der Waals surface area contributed by atoms with Crippen LogP contribution in [0.1, 0.15) is 10.4 Å². The zero-order valence-corrected chi connectivity index (χ0v) is 9.95. The van der Waals surface area contributed by atoms with Gasteiger partial charge in [-0.25, -0.2) is 13.2 Å². The third kappa shape index (κ3) is 2.66. The predicted octanol–water partition coefficient (Wildman–Crippen LogP) is 2.64. The van der Waals surface area contributed by atoms with Crippen molar-refractivity contribution in [1.82, 2.24) is 0 Å².